The molecule has 1 heterocycles. The highest BCUT2D eigenvalue weighted by Gasteiger charge is 2.14. The van der Waals surface area contributed by atoms with Gasteiger partial charge in [-0.25, -0.2) is 0 Å². The summed E-state index contributed by atoms with van der Waals surface area (Å²) >= 11 is 12.8. The van der Waals surface area contributed by atoms with Gasteiger partial charge in [-0.05, 0) is 24.8 Å². The van der Waals surface area contributed by atoms with Crippen molar-refractivity contribution in [1.82, 2.24) is 5.32 Å². The number of hydrogen-bond donors (Lipinski definition) is 2. The summed E-state index contributed by atoms with van der Waals surface area (Å²) in [5.41, 5.74) is 0.384. The lowest BCUT2D eigenvalue weighted by molar-refractivity contribution is -0.137. The molecule has 106 valence electrons. The highest BCUT2D eigenvalue weighted by molar-refractivity contribution is 7.20. The average Bonchev–Trinajstić information content (AvgIpc) is 2.65. The zero-order valence-corrected chi connectivity index (χ0v) is 12.7. The topological polar surface area (TPSA) is 66.4 Å². The minimum absolute atomic E-state index is 0.154. The molecular formula is C12H15Cl2NO3S. The third-order valence-electron chi connectivity index (χ3n) is 2.68. The first-order chi connectivity index (χ1) is 8.90. The van der Waals surface area contributed by atoms with E-state index in [1.165, 1.54) is 6.07 Å². The predicted octanol–water partition coefficient (Wildman–Crippen LogP) is 3.68. The fourth-order valence-electron chi connectivity index (χ4n) is 1.54. The summed E-state index contributed by atoms with van der Waals surface area (Å²) < 4.78 is 0.853. The van der Waals surface area contributed by atoms with Crippen molar-refractivity contribution in [3.63, 3.8) is 0 Å². The monoisotopic (exact) mass is 323 g/mol. The largest absolute Gasteiger partial charge is 0.481 e. The maximum atomic E-state index is 11.8. The van der Waals surface area contributed by atoms with Gasteiger partial charge in [0.25, 0.3) is 5.91 Å². The minimum atomic E-state index is -0.796. The molecule has 0 radical (unpaired) electrons. The molecule has 1 rings (SSSR count). The number of nitrogens with one attached hydrogen (secondary N) is 1. The van der Waals surface area contributed by atoms with Crippen LogP contribution in [0, 0.1) is 5.92 Å². The average molecular weight is 324 g/mol. The second-order valence-corrected chi connectivity index (χ2v) is 6.61. The molecule has 1 atom stereocenters. The van der Waals surface area contributed by atoms with Crippen LogP contribution in [0.3, 0.4) is 0 Å². The first-order valence-corrected chi connectivity index (χ1v) is 7.42. The lowest BCUT2D eigenvalue weighted by atomic mass is 10.0. The molecule has 19 heavy (non-hydrogen) atoms. The van der Waals surface area contributed by atoms with E-state index in [2.05, 4.69) is 5.32 Å². The van der Waals surface area contributed by atoms with E-state index in [-0.39, 0.29) is 18.2 Å². The summed E-state index contributed by atoms with van der Waals surface area (Å²) in [6.07, 6.45) is 1.49. The number of carboxylic acid groups (broad SMARTS) is 1. The first kappa shape index (κ1) is 16.3. The van der Waals surface area contributed by atoms with Gasteiger partial charge < -0.3 is 10.4 Å². The Hall–Kier alpha value is -0.780. The SMILES string of the molecule is CC(CCNC(=O)c1cc(Cl)sc1Cl)CCC(=O)O. The molecule has 0 aliphatic heterocycles. The minimum Gasteiger partial charge on any atom is -0.481 e. The van der Waals surface area contributed by atoms with Gasteiger partial charge >= 0.3 is 5.97 Å². The quantitative estimate of drug-likeness (QED) is 0.804. The molecule has 2 N–H and O–H groups in total. The molecule has 0 spiro atoms. The summed E-state index contributed by atoms with van der Waals surface area (Å²) in [4.78, 5) is 22.2. The number of carboxylic acids is 1. The lowest BCUT2D eigenvalue weighted by Gasteiger charge is -2.10. The molecule has 0 bridgehead atoms. The van der Waals surface area contributed by atoms with Gasteiger partial charge in [0.05, 0.1) is 9.90 Å². The van der Waals surface area contributed by atoms with E-state index >= 15 is 0 Å². The predicted molar refractivity (Wildman–Crippen MR) is 77.3 cm³/mol. The van der Waals surface area contributed by atoms with Gasteiger partial charge in [-0.2, -0.15) is 0 Å². The fraction of sp³-hybridized carbons (Fsp3) is 0.500. The number of rotatable bonds is 7. The van der Waals surface area contributed by atoms with Crippen LogP contribution in [0.25, 0.3) is 0 Å². The Morgan fingerprint density at radius 2 is 2.11 bits per heavy atom. The van der Waals surface area contributed by atoms with Crippen LogP contribution in [-0.2, 0) is 4.79 Å². The zero-order chi connectivity index (χ0) is 14.4. The normalized spacial score (nSPS) is 12.2. The van der Waals surface area contributed by atoms with Gasteiger partial charge in [0.15, 0.2) is 0 Å². The third-order valence-corrected chi connectivity index (χ3v) is 4.16. The standard InChI is InChI=1S/C12H15Cl2NO3S/c1-7(2-3-10(16)17)4-5-15-12(18)8-6-9(13)19-11(8)14/h6-7H,2-5H2,1H3,(H,15,18)(H,16,17). The van der Waals surface area contributed by atoms with Crippen LogP contribution in [0.5, 0.6) is 0 Å². The number of aliphatic carboxylic acids is 1. The Kier molecular flexibility index (Phi) is 6.62. The highest BCUT2D eigenvalue weighted by atomic mass is 35.5. The number of carbonyl (C=O) groups excluding carboxylic acids is 1. The van der Waals surface area contributed by atoms with Crippen LogP contribution in [0.4, 0.5) is 0 Å². The number of hydrogen-bond acceptors (Lipinski definition) is 3. The smallest absolute Gasteiger partial charge is 0.303 e. The van der Waals surface area contributed by atoms with Crippen molar-refractivity contribution in [1.29, 1.82) is 0 Å². The van der Waals surface area contributed by atoms with E-state index in [9.17, 15) is 9.59 Å². The van der Waals surface area contributed by atoms with E-state index < -0.39 is 5.97 Å². The summed E-state index contributed by atoms with van der Waals surface area (Å²) in [5.74, 6) is -0.799. The molecule has 1 aromatic heterocycles. The van der Waals surface area contributed by atoms with Gasteiger partial charge in [-0.1, -0.05) is 30.1 Å². The molecule has 0 saturated heterocycles. The van der Waals surface area contributed by atoms with Crippen LogP contribution >= 0.6 is 34.5 Å². The van der Waals surface area contributed by atoms with Crippen LogP contribution < -0.4 is 5.32 Å². The maximum Gasteiger partial charge on any atom is 0.303 e. The number of amides is 1. The van der Waals surface area contributed by atoms with Crippen molar-refractivity contribution in [2.24, 2.45) is 5.92 Å². The van der Waals surface area contributed by atoms with E-state index in [0.717, 1.165) is 17.8 Å². The first-order valence-electron chi connectivity index (χ1n) is 5.85. The Balaban J connectivity index is 2.31. The molecule has 0 fully saturated rings. The maximum absolute atomic E-state index is 11.8. The van der Waals surface area contributed by atoms with Crippen molar-refractivity contribution in [2.75, 3.05) is 6.54 Å². The van der Waals surface area contributed by atoms with Gasteiger partial charge in [0, 0.05) is 13.0 Å². The van der Waals surface area contributed by atoms with E-state index in [1.54, 1.807) is 0 Å². The number of thiophene rings is 1. The van der Waals surface area contributed by atoms with Crippen LogP contribution in [-0.4, -0.2) is 23.5 Å². The molecular weight excluding hydrogens is 309 g/mol. The van der Waals surface area contributed by atoms with Crippen molar-refractivity contribution in [2.45, 2.75) is 26.2 Å². The molecule has 1 amide bonds. The Bertz CT molecular complexity index is 462. The fourth-order valence-corrected chi connectivity index (χ4v) is 2.99. The molecule has 0 aromatic carbocycles. The Morgan fingerprint density at radius 1 is 1.42 bits per heavy atom. The van der Waals surface area contributed by atoms with E-state index in [4.69, 9.17) is 28.3 Å². The summed E-state index contributed by atoms with van der Waals surface area (Å²) in [7, 11) is 0. The molecule has 4 nitrogen and oxygen atoms in total. The zero-order valence-electron chi connectivity index (χ0n) is 10.4. The Labute approximate surface area is 125 Å². The number of carbonyl (C=O) groups is 2. The van der Waals surface area contributed by atoms with Gasteiger partial charge in [-0.15, -0.1) is 11.3 Å². The van der Waals surface area contributed by atoms with Crippen molar-refractivity contribution >= 4 is 46.4 Å². The molecule has 0 aliphatic carbocycles. The van der Waals surface area contributed by atoms with Crippen molar-refractivity contribution < 1.29 is 14.7 Å². The Morgan fingerprint density at radius 3 is 2.63 bits per heavy atom. The van der Waals surface area contributed by atoms with E-state index in [1.807, 2.05) is 6.92 Å². The lowest BCUT2D eigenvalue weighted by Crippen LogP contribution is -2.25. The molecule has 0 saturated carbocycles. The van der Waals surface area contributed by atoms with Gasteiger partial charge in [0.2, 0.25) is 0 Å². The van der Waals surface area contributed by atoms with Crippen LogP contribution in [0.15, 0.2) is 6.07 Å². The summed E-state index contributed by atoms with van der Waals surface area (Å²) in [6.45, 7) is 2.45. The van der Waals surface area contributed by atoms with Crippen molar-refractivity contribution in [3.05, 3.63) is 20.3 Å². The van der Waals surface area contributed by atoms with Gasteiger partial charge in [0.1, 0.15) is 4.34 Å². The van der Waals surface area contributed by atoms with Crippen LogP contribution in [0.1, 0.15) is 36.5 Å². The number of halogens is 2. The van der Waals surface area contributed by atoms with E-state index in [0.29, 0.717) is 27.2 Å². The van der Waals surface area contributed by atoms with Gasteiger partial charge in [-0.3, -0.25) is 9.59 Å². The molecule has 0 aliphatic rings. The van der Waals surface area contributed by atoms with Crippen molar-refractivity contribution in [3.8, 4) is 0 Å². The second-order valence-electron chi connectivity index (χ2n) is 4.32. The molecule has 7 heteroatoms. The summed E-state index contributed by atoms with van der Waals surface area (Å²) in [5, 5.41) is 11.3. The summed E-state index contributed by atoms with van der Waals surface area (Å²) in [6, 6.07) is 1.54. The van der Waals surface area contributed by atoms with Crippen LogP contribution in [0.2, 0.25) is 8.67 Å². The third kappa shape index (κ3) is 5.80. The molecule has 1 unspecified atom stereocenters. The second kappa shape index (κ2) is 7.72. The molecule has 1 aromatic rings. The highest BCUT2D eigenvalue weighted by Crippen LogP contribution is 2.30.